The predicted molar refractivity (Wildman–Crippen MR) is 73.9 cm³/mol. The molecule has 0 spiro atoms. The molecule has 1 nitrogen and oxygen atoms in total. The maximum absolute atomic E-state index is 5.68. The van der Waals surface area contributed by atoms with Gasteiger partial charge in [0.15, 0.2) is 0 Å². The third kappa shape index (κ3) is 6.15. The number of hydrogen-bond acceptors (Lipinski definition) is 1. The lowest BCUT2D eigenvalue weighted by molar-refractivity contribution is 0.213. The van der Waals surface area contributed by atoms with Crippen LogP contribution in [-0.2, 0) is 11.2 Å². The molecule has 1 heteroatoms. The van der Waals surface area contributed by atoms with Gasteiger partial charge in [0.05, 0.1) is 12.4 Å². The van der Waals surface area contributed by atoms with Crippen LogP contribution in [0.2, 0.25) is 0 Å². The van der Waals surface area contributed by atoms with Crippen LogP contribution in [0.5, 0.6) is 0 Å². The van der Waals surface area contributed by atoms with Crippen molar-refractivity contribution in [3.63, 3.8) is 0 Å². The lowest BCUT2D eigenvalue weighted by Gasteiger charge is -2.10. The number of rotatable bonds is 7. The van der Waals surface area contributed by atoms with E-state index in [1.807, 2.05) is 6.92 Å². The summed E-state index contributed by atoms with van der Waals surface area (Å²) in [5, 5.41) is 0. The largest absolute Gasteiger partial charge is 0.499 e. The summed E-state index contributed by atoms with van der Waals surface area (Å²) < 4.78 is 5.68. The fourth-order valence-electron chi connectivity index (χ4n) is 1.70. The smallest absolute Gasteiger partial charge is 0.0923 e. The average molecular weight is 232 g/mol. The molecule has 1 aromatic carbocycles. The molecule has 0 N–H and O–H groups in total. The van der Waals surface area contributed by atoms with Gasteiger partial charge in [0.25, 0.3) is 0 Å². The molecular weight excluding hydrogens is 208 g/mol. The highest BCUT2D eigenvalue weighted by molar-refractivity contribution is 5.18. The van der Waals surface area contributed by atoms with E-state index in [2.05, 4.69) is 50.3 Å². The lowest BCUT2D eigenvalue weighted by Crippen LogP contribution is -1.96. The van der Waals surface area contributed by atoms with Crippen molar-refractivity contribution >= 4 is 0 Å². The van der Waals surface area contributed by atoms with E-state index >= 15 is 0 Å². The van der Waals surface area contributed by atoms with Crippen LogP contribution in [0, 0.1) is 5.92 Å². The highest BCUT2D eigenvalue weighted by Crippen LogP contribution is 2.14. The fraction of sp³-hybridized carbons (Fsp3) is 0.500. The summed E-state index contributed by atoms with van der Waals surface area (Å²) in [7, 11) is 0. The molecule has 0 aromatic heterocycles. The highest BCUT2D eigenvalue weighted by atomic mass is 16.5. The van der Waals surface area contributed by atoms with E-state index in [4.69, 9.17) is 4.74 Å². The first-order chi connectivity index (χ1) is 8.22. The van der Waals surface area contributed by atoms with Crippen molar-refractivity contribution in [1.29, 1.82) is 0 Å². The Balaban J connectivity index is 2.51. The van der Waals surface area contributed by atoms with E-state index in [0.29, 0.717) is 0 Å². The Bertz CT molecular complexity index is 325. The minimum Gasteiger partial charge on any atom is -0.499 e. The Hall–Kier alpha value is -1.24. The van der Waals surface area contributed by atoms with Crippen LogP contribution in [0.1, 0.15) is 39.2 Å². The van der Waals surface area contributed by atoms with Crippen molar-refractivity contribution in [3.8, 4) is 0 Å². The normalized spacial score (nSPS) is 11.9. The van der Waals surface area contributed by atoms with Gasteiger partial charge in [-0.15, -0.1) is 0 Å². The van der Waals surface area contributed by atoms with E-state index in [1.54, 1.807) is 0 Å². The molecule has 1 aromatic rings. The van der Waals surface area contributed by atoms with Crippen LogP contribution in [0.15, 0.2) is 42.2 Å². The summed E-state index contributed by atoms with van der Waals surface area (Å²) in [6.07, 6.45) is 5.44. The van der Waals surface area contributed by atoms with Crippen LogP contribution in [-0.4, -0.2) is 6.61 Å². The zero-order chi connectivity index (χ0) is 12.5. The summed E-state index contributed by atoms with van der Waals surface area (Å²) >= 11 is 0. The summed E-state index contributed by atoms with van der Waals surface area (Å²) in [4.78, 5) is 0. The molecule has 0 saturated heterocycles. The quantitative estimate of drug-likeness (QED) is 0.625. The number of benzene rings is 1. The third-order valence-corrected chi connectivity index (χ3v) is 2.71. The zero-order valence-corrected chi connectivity index (χ0v) is 11.3. The molecule has 0 fully saturated rings. The maximum Gasteiger partial charge on any atom is 0.0923 e. The van der Waals surface area contributed by atoms with Crippen molar-refractivity contribution < 1.29 is 4.74 Å². The van der Waals surface area contributed by atoms with E-state index in [-0.39, 0.29) is 0 Å². The second-order valence-corrected chi connectivity index (χ2v) is 4.73. The van der Waals surface area contributed by atoms with Gasteiger partial charge in [-0.2, -0.15) is 0 Å². The van der Waals surface area contributed by atoms with E-state index in [1.165, 1.54) is 12.0 Å². The third-order valence-electron chi connectivity index (χ3n) is 2.71. The van der Waals surface area contributed by atoms with E-state index in [0.717, 1.165) is 31.1 Å². The van der Waals surface area contributed by atoms with Gasteiger partial charge in [-0.05, 0) is 37.3 Å². The van der Waals surface area contributed by atoms with Crippen LogP contribution in [0.4, 0.5) is 0 Å². The number of allylic oxidation sites excluding steroid dienone is 2. The number of ether oxygens (including phenoxy) is 1. The summed E-state index contributed by atoms with van der Waals surface area (Å²) in [6, 6.07) is 10.5. The molecule has 0 atom stereocenters. The maximum atomic E-state index is 5.68. The van der Waals surface area contributed by atoms with Gasteiger partial charge in [0.2, 0.25) is 0 Å². The first kappa shape index (κ1) is 13.8. The van der Waals surface area contributed by atoms with E-state index < -0.39 is 0 Å². The van der Waals surface area contributed by atoms with Gasteiger partial charge < -0.3 is 4.74 Å². The van der Waals surface area contributed by atoms with Gasteiger partial charge in [-0.25, -0.2) is 0 Å². The predicted octanol–water partition coefficient (Wildman–Crippen LogP) is 4.59. The molecule has 0 radical (unpaired) electrons. The molecule has 0 saturated carbocycles. The molecule has 0 aliphatic rings. The molecule has 0 amide bonds. The van der Waals surface area contributed by atoms with Gasteiger partial charge in [-0.3, -0.25) is 0 Å². The van der Waals surface area contributed by atoms with Gasteiger partial charge in [0.1, 0.15) is 0 Å². The van der Waals surface area contributed by atoms with Crippen molar-refractivity contribution in [1.82, 2.24) is 0 Å². The second kappa shape index (κ2) is 7.94. The minimum atomic E-state index is 0.732. The van der Waals surface area contributed by atoms with Crippen molar-refractivity contribution in [2.45, 2.75) is 40.0 Å². The minimum absolute atomic E-state index is 0.732. The first-order valence-corrected chi connectivity index (χ1v) is 6.58. The zero-order valence-electron chi connectivity index (χ0n) is 11.3. The van der Waals surface area contributed by atoms with Gasteiger partial charge in [0, 0.05) is 6.42 Å². The molecule has 0 aliphatic carbocycles. The van der Waals surface area contributed by atoms with Crippen molar-refractivity contribution in [2.24, 2.45) is 5.92 Å². The Morgan fingerprint density at radius 2 is 1.94 bits per heavy atom. The first-order valence-electron chi connectivity index (χ1n) is 6.58. The number of hydrogen-bond donors (Lipinski definition) is 0. The summed E-state index contributed by atoms with van der Waals surface area (Å²) in [5.74, 6) is 1.88. The van der Waals surface area contributed by atoms with Crippen LogP contribution in [0.3, 0.4) is 0 Å². The standard InChI is InChI=1S/C16H24O/c1-4-17-16(12-10-14(2)3)13-11-15-8-6-5-7-9-15/h5-9,13-14H,4,10-12H2,1-3H3/b16-13-. The monoisotopic (exact) mass is 232 g/mol. The van der Waals surface area contributed by atoms with E-state index in [9.17, 15) is 0 Å². The SMILES string of the molecule is CCO/C(=C\Cc1ccccc1)CCC(C)C. The summed E-state index contributed by atoms with van der Waals surface area (Å²) in [6.45, 7) is 7.31. The molecule has 17 heavy (non-hydrogen) atoms. The molecule has 0 aliphatic heterocycles. The molecule has 0 bridgehead atoms. The van der Waals surface area contributed by atoms with Crippen LogP contribution in [0.25, 0.3) is 0 Å². The lowest BCUT2D eigenvalue weighted by atomic mass is 10.1. The van der Waals surface area contributed by atoms with Crippen molar-refractivity contribution in [3.05, 3.63) is 47.7 Å². The molecule has 1 rings (SSSR count). The van der Waals surface area contributed by atoms with Crippen LogP contribution >= 0.6 is 0 Å². The topological polar surface area (TPSA) is 9.23 Å². The molecule has 0 unspecified atom stereocenters. The van der Waals surface area contributed by atoms with Crippen LogP contribution < -0.4 is 0 Å². The summed E-state index contributed by atoms with van der Waals surface area (Å²) in [5.41, 5.74) is 1.34. The molecule has 0 heterocycles. The highest BCUT2D eigenvalue weighted by Gasteiger charge is 2.01. The average Bonchev–Trinajstić information content (AvgIpc) is 2.34. The Morgan fingerprint density at radius 3 is 2.53 bits per heavy atom. The van der Waals surface area contributed by atoms with Gasteiger partial charge in [-0.1, -0.05) is 44.2 Å². The second-order valence-electron chi connectivity index (χ2n) is 4.73. The Labute approximate surface area is 106 Å². The molecule has 94 valence electrons. The fourth-order valence-corrected chi connectivity index (χ4v) is 1.70. The van der Waals surface area contributed by atoms with Crippen molar-refractivity contribution in [2.75, 3.05) is 6.61 Å². The molecular formula is C16H24O. The Kier molecular flexibility index (Phi) is 6.46. The Morgan fingerprint density at radius 1 is 1.24 bits per heavy atom. The van der Waals surface area contributed by atoms with Gasteiger partial charge >= 0.3 is 0 Å².